The molecule has 0 aliphatic heterocycles. The molecule has 0 aliphatic carbocycles. The van der Waals surface area contributed by atoms with E-state index in [1.54, 1.807) is 0 Å². The molecule has 2 aromatic carbocycles. The second-order valence-electron chi connectivity index (χ2n) is 13.7. The number of anilines is 1. The quantitative estimate of drug-likeness (QED) is 0.0406. The molecule has 262 valence electrons. The van der Waals surface area contributed by atoms with E-state index < -0.39 is 0 Å². The number of rotatable bonds is 26. The number of carbonyl (C=O) groups excluding carboxylic acids is 1. The fourth-order valence-electron chi connectivity index (χ4n) is 6.75. The summed E-state index contributed by atoms with van der Waals surface area (Å²) < 4.78 is 13.6. The van der Waals surface area contributed by atoms with Crippen LogP contribution in [0.25, 0.3) is 11.0 Å². The van der Waals surface area contributed by atoms with Gasteiger partial charge in [-0.05, 0) is 87.7 Å². The number of benzene rings is 2. The van der Waals surface area contributed by atoms with E-state index in [4.69, 9.17) is 14.9 Å². The Bertz CT molecular complexity index is 1280. The first kappa shape index (κ1) is 38.6. The monoisotopic (exact) mass is 649 g/mol. The number of nitrogen functional groups attached to an aromatic ring is 1. The molecule has 1 aromatic heterocycles. The molecule has 0 amide bonds. The Hall–Kier alpha value is -2.83. The van der Waals surface area contributed by atoms with Gasteiger partial charge < -0.3 is 24.3 Å². The maximum Gasteiger partial charge on any atom is 0.197 e. The molecule has 1 heterocycles. The summed E-state index contributed by atoms with van der Waals surface area (Å²) in [5, 5.41) is 0.795. The van der Waals surface area contributed by atoms with Crippen LogP contribution in [0.5, 0.6) is 5.75 Å². The maximum atomic E-state index is 13.8. The van der Waals surface area contributed by atoms with E-state index in [1.165, 1.54) is 102 Å². The molecule has 3 rings (SSSR count). The van der Waals surface area contributed by atoms with E-state index in [-0.39, 0.29) is 5.78 Å². The molecule has 0 spiro atoms. The third-order valence-electron chi connectivity index (χ3n) is 9.67. The molecular formula is C41H66N3O3+. The van der Waals surface area contributed by atoms with Gasteiger partial charge in [0.25, 0.3) is 0 Å². The third kappa shape index (κ3) is 12.3. The number of hydrogen-bond acceptors (Lipinski definition) is 5. The Morgan fingerprint density at radius 1 is 0.723 bits per heavy atom. The summed E-state index contributed by atoms with van der Waals surface area (Å²) >= 11 is 0. The number of nitrogens with two attached hydrogens (primary N) is 1. The van der Waals surface area contributed by atoms with E-state index in [2.05, 4.69) is 39.5 Å². The Balaban J connectivity index is 1.63. The largest absolute Gasteiger partial charge is 0.493 e. The lowest BCUT2D eigenvalue weighted by atomic mass is 9.98. The predicted octanol–water partition coefficient (Wildman–Crippen LogP) is 10.1. The van der Waals surface area contributed by atoms with Gasteiger partial charge in [-0.15, -0.1) is 0 Å². The molecule has 3 aromatic rings. The number of furan rings is 1. The summed E-state index contributed by atoms with van der Waals surface area (Å²) in [5.41, 5.74) is 8.71. The number of quaternary nitrogens is 1. The highest BCUT2D eigenvalue weighted by molar-refractivity contribution is 6.17. The lowest BCUT2D eigenvalue weighted by Gasteiger charge is -2.40. The first-order chi connectivity index (χ1) is 22.9. The van der Waals surface area contributed by atoms with Crippen LogP contribution in [-0.4, -0.2) is 67.6 Å². The van der Waals surface area contributed by atoms with Crippen LogP contribution < -0.4 is 10.5 Å². The molecule has 0 fully saturated rings. The zero-order valence-electron chi connectivity index (χ0n) is 30.6. The minimum atomic E-state index is -0.0242. The van der Waals surface area contributed by atoms with Crippen molar-refractivity contribution in [1.29, 1.82) is 0 Å². The number of ketones is 1. The highest BCUT2D eigenvalue weighted by Gasteiger charge is 2.26. The molecule has 0 aliphatic rings. The summed E-state index contributed by atoms with van der Waals surface area (Å²) in [6.45, 7) is 20.8. The SMILES string of the molecule is CCCCc1oc2ccc(N)cc2c1C(=O)c1ccc(OCCC[N+](CCCC)(CCCC)CCCN(CCCC)CCCC)cc1. The van der Waals surface area contributed by atoms with Gasteiger partial charge in [0.05, 0.1) is 38.3 Å². The van der Waals surface area contributed by atoms with Gasteiger partial charge in [0.1, 0.15) is 17.1 Å². The van der Waals surface area contributed by atoms with Crippen LogP contribution in [0.1, 0.15) is 133 Å². The number of nitrogens with zero attached hydrogens (tertiary/aromatic N) is 2. The van der Waals surface area contributed by atoms with Gasteiger partial charge in [-0.2, -0.15) is 0 Å². The highest BCUT2D eigenvalue weighted by Crippen LogP contribution is 2.31. The van der Waals surface area contributed by atoms with Crippen LogP contribution in [-0.2, 0) is 6.42 Å². The van der Waals surface area contributed by atoms with Crippen LogP contribution in [0.2, 0.25) is 0 Å². The lowest BCUT2D eigenvalue weighted by molar-refractivity contribution is -0.929. The zero-order chi connectivity index (χ0) is 33.9. The predicted molar refractivity (Wildman–Crippen MR) is 200 cm³/mol. The minimum Gasteiger partial charge on any atom is -0.493 e. The Morgan fingerprint density at radius 3 is 1.91 bits per heavy atom. The topological polar surface area (TPSA) is 68.7 Å². The number of carbonyl (C=O) groups is 1. The zero-order valence-corrected chi connectivity index (χ0v) is 30.6. The smallest absolute Gasteiger partial charge is 0.197 e. The van der Waals surface area contributed by atoms with Crippen molar-refractivity contribution in [2.75, 3.05) is 58.2 Å². The Morgan fingerprint density at radius 2 is 1.30 bits per heavy atom. The summed E-state index contributed by atoms with van der Waals surface area (Å²) in [6.07, 6.45) is 15.3. The standard InChI is InChI=1S/C41H66N3O3/c1-6-11-18-39-40(37-33-35(42)21-24-38(37)47-39)41(45)34-19-22-36(23-20-34)46-32-17-31-44(28-14-9-4,29-15-10-5)30-16-27-43(25-12-7-2)26-13-8-3/h19-24,33H,6-18,25-32,42H2,1-5H3/q+1. The molecule has 0 unspecified atom stereocenters. The second kappa shape index (κ2) is 21.2. The van der Waals surface area contributed by atoms with E-state index in [9.17, 15) is 4.79 Å². The first-order valence-corrected chi connectivity index (χ1v) is 19.1. The van der Waals surface area contributed by atoms with Gasteiger partial charge in [0.15, 0.2) is 5.78 Å². The number of hydrogen-bond donors (Lipinski definition) is 1. The van der Waals surface area contributed by atoms with Crippen molar-refractivity contribution in [2.45, 2.75) is 118 Å². The molecule has 0 saturated carbocycles. The molecule has 0 bridgehead atoms. The summed E-state index contributed by atoms with van der Waals surface area (Å²) in [7, 11) is 0. The van der Waals surface area contributed by atoms with Gasteiger partial charge >= 0.3 is 0 Å². The van der Waals surface area contributed by atoms with Crippen LogP contribution in [0.15, 0.2) is 46.9 Å². The summed E-state index contributed by atoms with van der Waals surface area (Å²) in [6, 6.07) is 13.2. The average molecular weight is 649 g/mol. The maximum absolute atomic E-state index is 13.8. The number of fused-ring (bicyclic) bond motifs is 1. The molecule has 0 radical (unpaired) electrons. The van der Waals surface area contributed by atoms with Crippen molar-refractivity contribution in [3.63, 3.8) is 0 Å². The molecule has 6 heteroatoms. The molecule has 0 atom stereocenters. The molecule has 2 N–H and O–H groups in total. The Kier molecular flexibility index (Phi) is 17.4. The molecule has 0 saturated heterocycles. The van der Waals surface area contributed by atoms with Crippen molar-refractivity contribution in [2.24, 2.45) is 0 Å². The Labute approximate surface area is 286 Å². The van der Waals surface area contributed by atoms with Crippen LogP contribution >= 0.6 is 0 Å². The van der Waals surface area contributed by atoms with Crippen molar-refractivity contribution in [3.05, 3.63) is 59.4 Å². The van der Waals surface area contributed by atoms with E-state index in [1.807, 2.05) is 42.5 Å². The second-order valence-corrected chi connectivity index (χ2v) is 13.7. The van der Waals surface area contributed by atoms with Crippen molar-refractivity contribution >= 4 is 22.4 Å². The van der Waals surface area contributed by atoms with E-state index >= 15 is 0 Å². The van der Waals surface area contributed by atoms with E-state index in [0.29, 0.717) is 29.0 Å². The first-order valence-electron chi connectivity index (χ1n) is 19.1. The van der Waals surface area contributed by atoms with Gasteiger partial charge in [-0.3, -0.25) is 4.79 Å². The highest BCUT2D eigenvalue weighted by atomic mass is 16.5. The fourth-order valence-corrected chi connectivity index (χ4v) is 6.75. The summed E-state index contributed by atoms with van der Waals surface area (Å²) in [5.74, 6) is 1.54. The number of aryl methyl sites for hydroxylation is 1. The van der Waals surface area contributed by atoms with Gasteiger partial charge in [0.2, 0.25) is 0 Å². The number of unbranched alkanes of at least 4 members (excludes halogenated alkanes) is 5. The van der Waals surface area contributed by atoms with Crippen molar-refractivity contribution < 1.29 is 18.4 Å². The van der Waals surface area contributed by atoms with Crippen LogP contribution in [0, 0.1) is 0 Å². The number of ether oxygens (including phenoxy) is 1. The molecular weight excluding hydrogens is 582 g/mol. The van der Waals surface area contributed by atoms with Crippen molar-refractivity contribution in [3.8, 4) is 5.75 Å². The van der Waals surface area contributed by atoms with Gasteiger partial charge in [-0.25, -0.2) is 0 Å². The van der Waals surface area contributed by atoms with Crippen LogP contribution in [0.4, 0.5) is 5.69 Å². The molecule has 47 heavy (non-hydrogen) atoms. The van der Waals surface area contributed by atoms with E-state index in [0.717, 1.165) is 49.1 Å². The normalized spacial score (nSPS) is 12.0. The minimum absolute atomic E-state index is 0.0242. The fraction of sp³-hybridized carbons (Fsp3) is 0.634. The van der Waals surface area contributed by atoms with Crippen LogP contribution in [0.3, 0.4) is 0 Å². The van der Waals surface area contributed by atoms with Gasteiger partial charge in [0, 0.05) is 42.4 Å². The van der Waals surface area contributed by atoms with Gasteiger partial charge in [-0.1, -0.05) is 66.7 Å². The molecule has 6 nitrogen and oxygen atoms in total. The summed E-state index contributed by atoms with van der Waals surface area (Å²) in [4.78, 5) is 16.5. The average Bonchev–Trinajstić information content (AvgIpc) is 3.45. The van der Waals surface area contributed by atoms with Crippen molar-refractivity contribution in [1.82, 2.24) is 4.90 Å². The lowest BCUT2D eigenvalue weighted by Crippen LogP contribution is -2.51. The third-order valence-corrected chi connectivity index (χ3v) is 9.67.